The van der Waals surface area contributed by atoms with Crippen LogP contribution in [0, 0.1) is 11.6 Å². The summed E-state index contributed by atoms with van der Waals surface area (Å²) < 4.78 is 53.9. The first kappa shape index (κ1) is 20.9. The normalized spacial score (nSPS) is 17.0. The molecule has 1 aliphatic heterocycles. The van der Waals surface area contributed by atoms with E-state index in [0.29, 0.717) is 13.1 Å². The molecule has 0 spiro atoms. The number of nitrogens with zero attached hydrogens (tertiary/aromatic N) is 2. The molecule has 0 aliphatic carbocycles. The number of halogens is 2. The molecule has 28 heavy (non-hydrogen) atoms. The SMILES string of the molecule is CC(C)(C)c1ccc(CN2CCN(S(=O)(=O)c3cc(F)ccc3F)CC2)cc1. The van der Waals surface area contributed by atoms with Gasteiger partial charge in [0.2, 0.25) is 10.0 Å². The van der Waals surface area contributed by atoms with Gasteiger partial charge in [-0.3, -0.25) is 4.90 Å². The molecule has 0 radical (unpaired) electrons. The summed E-state index contributed by atoms with van der Waals surface area (Å²) in [5.41, 5.74) is 2.54. The molecule has 0 unspecified atom stereocenters. The first-order valence-electron chi connectivity index (χ1n) is 9.34. The zero-order valence-electron chi connectivity index (χ0n) is 16.5. The van der Waals surface area contributed by atoms with E-state index in [2.05, 4.69) is 49.9 Å². The van der Waals surface area contributed by atoms with Crippen molar-refractivity contribution in [3.63, 3.8) is 0 Å². The largest absolute Gasteiger partial charge is 0.296 e. The molecule has 2 aromatic rings. The maximum Gasteiger partial charge on any atom is 0.246 e. The minimum absolute atomic E-state index is 0.102. The van der Waals surface area contributed by atoms with E-state index in [1.165, 1.54) is 15.4 Å². The highest BCUT2D eigenvalue weighted by molar-refractivity contribution is 7.89. The van der Waals surface area contributed by atoms with Gasteiger partial charge in [-0.05, 0) is 34.7 Å². The van der Waals surface area contributed by atoms with E-state index in [1.54, 1.807) is 0 Å². The Morgan fingerprint density at radius 3 is 2.11 bits per heavy atom. The van der Waals surface area contributed by atoms with E-state index in [4.69, 9.17) is 0 Å². The Labute approximate surface area is 165 Å². The molecule has 0 N–H and O–H groups in total. The van der Waals surface area contributed by atoms with Gasteiger partial charge in [0, 0.05) is 32.7 Å². The van der Waals surface area contributed by atoms with Crippen molar-refractivity contribution in [1.82, 2.24) is 9.21 Å². The van der Waals surface area contributed by atoms with Crippen molar-refractivity contribution >= 4 is 10.0 Å². The van der Waals surface area contributed by atoms with Gasteiger partial charge in [-0.2, -0.15) is 4.31 Å². The van der Waals surface area contributed by atoms with Crippen LogP contribution < -0.4 is 0 Å². The predicted molar refractivity (Wildman–Crippen MR) is 106 cm³/mol. The van der Waals surface area contributed by atoms with Gasteiger partial charge in [-0.1, -0.05) is 45.0 Å². The van der Waals surface area contributed by atoms with Crippen LogP contribution in [0.4, 0.5) is 8.78 Å². The highest BCUT2D eigenvalue weighted by Gasteiger charge is 2.31. The highest BCUT2D eigenvalue weighted by Crippen LogP contribution is 2.24. The third-order valence-electron chi connectivity index (χ3n) is 5.07. The molecule has 0 aromatic heterocycles. The Morgan fingerprint density at radius 1 is 0.929 bits per heavy atom. The Hall–Kier alpha value is -1.83. The second-order valence-corrected chi connectivity index (χ2v) is 10.1. The smallest absolute Gasteiger partial charge is 0.246 e. The Kier molecular flexibility index (Phi) is 5.89. The van der Waals surface area contributed by atoms with Crippen LogP contribution in [0.2, 0.25) is 0 Å². The summed E-state index contributed by atoms with van der Waals surface area (Å²) in [6, 6.07) is 11.0. The van der Waals surface area contributed by atoms with Crippen molar-refractivity contribution in [3.8, 4) is 0 Å². The van der Waals surface area contributed by atoms with E-state index in [9.17, 15) is 17.2 Å². The van der Waals surface area contributed by atoms with Crippen molar-refractivity contribution in [1.29, 1.82) is 0 Å². The summed E-state index contributed by atoms with van der Waals surface area (Å²) in [7, 11) is -4.04. The van der Waals surface area contributed by atoms with Gasteiger partial charge in [-0.25, -0.2) is 17.2 Å². The van der Waals surface area contributed by atoms with Crippen LogP contribution in [0.5, 0.6) is 0 Å². The van der Waals surface area contributed by atoms with Crippen LogP contribution in [0.3, 0.4) is 0 Å². The van der Waals surface area contributed by atoms with Crippen molar-refractivity contribution < 1.29 is 17.2 Å². The van der Waals surface area contributed by atoms with Crippen molar-refractivity contribution in [3.05, 3.63) is 65.2 Å². The summed E-state index contributed by atoms with van der Waals surface area (Å²) in [6.07, 6.45) is 0. The van der Waals surface area contributed by atoms with Gasteiger partial charge in [-0.15, -0.1) is 0 Å². The number of hydrogen-bond donors (Lipinski definition) is 0. The fraction of sp³-hybridized carbons (Fsp3) is 0.429. The summed E-state index contributed by atoms with van der Waals surface area (Å²) in [5, 5.41) is 0. The fourth-order valence-electron chi connectivity index (χ4n) is 3.31. The van der Waals surface area contributed by atoms with Gasteiger partial charge in [0.1, 0.15) is 16.5 Å². The average Bonchev–Trinajstić information content (AvgIpc) is 2.64. The van der Waals surface area contributed by atoms with Gasteiger partial charge in [0.15, 0.2) is 0 Å². The first-order valence-corrected chi connectivity index (χ1v) is 10.8. The van der Waals surface area contributed by atoms with Crippen molar-refractivity contribution in [2.24, 2.45) is 0 Å². The molecule has 1 heterocycles. The maximum atomic E-state index is 13.9. The van der Waals surface area contributed by atoms with Gasteiger partial charge >= 0.3 is 0 Å². The predicted octanol–water partition coefficient (Wildman–Crippen LogP) is 3.77. The molecule has 0 atom stereocenters. The van der Waals surface area contributed by atoms with E-state index in [-0.39, 0.29) is 18.5 Å². The molecule has 7 heteroatoms. The Bertz CT molecular complexity index is 930. The highest BCUT2D eigenvalue weighted by atomic mass is 32.2. The van der Waals surface area contributed by atoms with Crippen LogP contribution in [-0.4, -0.2) is 43.8 Å². The lowest BCUT2D eigenvalue weighted by Crippen LogP contribution is -2.48. The van der Waals surface area contributed by atoms with Crippen LogP contribution in [0.1, 0.15) is 31.9 Å². The molecule has 1 aliphatic rings. The molecule has 0 amide bonds. The van der Waals surface area contributed by atoms with Crippen molar-refractivity contribution in [2.75, 3.05) is 26.2 Å². The molecule has 0 saturated carbocycles. The number of benzene rings is 2. The summed E-state index contributed by atoms with van der Waals surface area (Å²) in [5.74, 6) is -1.69. The number of hydrogen-bond acceptors (Lipinski definition) is 3. The van der Waals surface area contributed by atoms with Crippen LogP contribution >= 0.6 is 0 Å². The zero-order chi connectivity index (χ0) is 20.5. The fourth-order valence-corrected chi connectivity index (χ4v) is 4.81. The number of piperazine rings is 1. The standard InChI is InChI=1S/C21H26F2N2O2S/c1-21(2,3)17-6-4-16(5-7-17)15-24-10-12-25(13-11-24)28(26,27)20-14-18(22)8-9-19(20)23/h4-9,14H,10-13,15H2,1-3H3. The number of rotatable bonds is 4. The van der Waals surface area contributed by atoms with E-state index < -0.39 is 26.6 Å². The van der Waals surface area contributed by atoms with Gasteiger partial charge < -0.3 is 0 Å². The lowest BCUT2D eigenvalue weighted by Gasteiger charge is -2.34. The monoisotopic (exact) mass is 408 g/mol. The van der Waals surface area contributed by atoms with E-state index in [1.807, 2.05) is 0 Å². The molecule has 4 nitrogen and oxygen atoms in total. The quantitative estimate of drug-likeness (QED) is 0.773. The third-order valence-corrected chi connectivity index (χ3v) is 6.98. The second-order valence-electron chi connectivity index (χ2n) is 8.20. The first-order chi connectivity index (χ1) is 13.1. The minimum atomic E-state index is -4.04. The lowest BCUT2D eigenvalue weighted by atomic mass is 9.87. The topological polar surface area (TPSA) is 40.6 Å². The molecule has 152 valence electrons. The molecule has 1 saturated heterocycles. The Morgan fingerprint density at radius 2 is 1.54 bits per heavy atom. The molecule has 2 aromatic carbocycles. The van der Waals surface area contributed by atoms with Gasteiger partial charge in [0.05, 0.1) is 0 Å². The minimum Gasteiger partial charge on any atom is -0.296 e. The molecular formula is C21H26F2N2O2S. The van der Waals surface area contributed by atoms with Crippen LogP contribution in [-0.2, 0) is 22.0 Å². The second kappa shape index (κ2) is 7.89. The number of sulfonamides is 1. The van der Waals surface area contributed by atoms with Crippen LogP contribution in [0.15, 0.2) is 47.4 Å². The summed E-state index contributed by atoms with van der Waals surface area (Å²) >= 11 is 0. The molecule has 1 fully saturated rings. The third kappa shape index (κ3) is 4.59. The van der Waals surface area contributed by atoms with E-state index >= 15 is 0 Å². The average molecular weight is 409 g/mol. The molecule has 0 bridgehead atoms. The zero-order valence-corrected chi connectivity index (χ0v) is 17.3. The maximum absolute atomic E-state index is 13.9. The van der Waals surface area contributed by atoms with Gasteiger partial charge in [0.25, 0.3) is 0 Å². The summed E-state index contributed by atoms with van der Waals surface area (Å²) in [4.78, 5) is 1.57. The van der Waals surface area contributed by atoms with Crippen molar-refractivity contribution in [2.45, 2.75) is 37.6 Å². The molecule has 3 rings (SSSR count). The Balaban J connectivity index is 1.63. The summed E-state index contributed by atoms with van der Waals surface area (Å²) in [6.45, 7) is 8.81. The molecular weight excluding hydrogens is 382 g/mol. The van der Waals surface area contributed by atoms with E-state index in [0.717, 1.165) is 24.7 Å². The van der Waals surface area contributed by atoms with Crippen LogP contribution in [0.25, 0.3) is 0 Å². The lowest BCUT2D eigenvalue weighted by molar-refractivity contribution is 0.181.